The van der Waals surface area contributed by atoms with Crippen LogP contribution in [-0.2, 0) is 10.0 Å². The van der Waals surface area contributed by atoms with E-state index in [1.54, 1.807) is 11.8 Å². The third kappa shape index (κ3) is 2.80. The largest absolute Gasteiger partial charge is 0.215 e. The molecule has 6 heteroatoms. The third-order valence-corrected chi connectivity index (χ3v) is 4.93. The third-order valence-electron chi connectivity index (χ3n) is 1.70. The molecule has 0 spiro atoms. The molecular formula is C6H12ClNO2S2. The Labute approximate surface area is 82.5 Å². The molecule has 1 rings (SSSR count). The van der Waals surface area contributed by atoms with Gasteiger partial charge in [-0.15, -0.1) is 11.6 Å². The summed E-state index contributed by atoms with van der Waals surface area (Å²) in [5, 5.41) is 0. The van der Waals surface area contributed by atoms with Crippen molar-refractivity contribution in [2.75, 3.05) is 36.2 Å². The summed E-state index contributed by atoms with van der Waals surface area (Å²) in [7, 11) is -3.05. The zero-order valence-corrected chi connectivity index (χ0v) is 9.09. The first-order valence-electron chi connectivity index (χ1n) is 3.78. The van der Waals surface area contributed by atoms with Crippen LogP contribution < -0.4 is 0 Å². The zero-order valence-electron chi connectivity index (χ0n) is 6.70. The zero-order chi connectivity index (χ0) is 9.03. The van der Waals surface area contributed by atoms with Gasteiger partial charge in [-0.2, -0.15) is 11.8 Å². The van der Waals surface area contributed by atoms with E-state index in [1.807, 2.05) is 0 Å². The molecule has 1 heterocycles. The number of sulfonamides is 1. The molecule has 0 bridgehead atoms. The fourth-order valence-electron chi connectivity index (χ4n) is 1.05. The van der Waals surface area contributed by atoms with E-state index in [2.05, 4.69) is 0 Å². The first-order chi connectivity index (χ1) is 5.67. The summed E-state index contributed by atoms with van der Waals surface area (Å²) in [5.41, 5.74) is 0. The van der Waals surface area contributed by atoms with Crippen molar-refractivity contribution in [3.05, 3.63) is 0 Å². The van der Waals surface area contributed by atoms with Gasteiger partial charge in [0.25, 0.3) is 0 Å². The van der Waals surface area contributed by atoms with Gasteiger partial charge in [-0.25, -0.2) is 12.7 Å². The van der Waals surface area contributed by atoms with Gasteiger partial charge in [0.1, 0.15) is 0 Å². The number of alkyl halides is 1. The van der Waals surface area contributed by atoms with E-state index >= 15 is 0 Å². The van der Waals surface area contributed by atoms with Gasteiger partial charge in [-0.3, -0.25) is 0 Å². The molecule has 0 amide bonds. The minimum Gasteiger partial charge on any atom is -0.212 e. The molecule has 0 aromatic carbocycles. The topological polar surface area (TPSA) is 37.4 Å². The molecule has 1 aliphatic rings. The van der Waals surface area contributed by atoms with Crippen LogP contribution in [0.2, 0.25) is 0 Å². The van der Waals surface area contributed by atoms with Gasteiger partial charge in [-0.1, -0.05) is 0 Å². The van der Waals surface area contributed by atoms with Crippen molar-refractivity contribution in [3.8, 4) is 0 Å². The summed E-state index contributed by atoms with van der Waals surface area (Å²) < 4.78 is 24.4. The highest BCUT2D eigenvalue weighted by Gasteiger charge is 2.22. The quantitative estimate of drug-likeness (QED) is 0.666. The Morgan fingerprint density at radius 3 is 2.42 bits per heavy atom. The summed E-state index contributed by atoms with van der Waals surface area (Å²) in [6.07, 6.45) is 0. The highest BCUT2D eigenvalue weighted by molar-refractivity contribution is 7.99. The van der Waals surface area contributed by atoms with Crippen LogP contribution in [0, 0.1) is 0 Å². The fourth-order valence-corrected chi connectivity index (χ4v) is 3.96. The minimum absolute atomic E-state index is 0.0687. The van der Waals surface area contributed by atoms with Gasteiger partial charge in [0, 0.05) is 30.5 Å². The Morgan fingerprint density at radius 2 is 1.92 bits per heavy atom. The molecule has 0 saturated carbocycles. The normalized spacial score (nSPS) is 21.1. The predicted molar refractivity (Wildman–Crippen MR) is 53.4 cm³/mol. The van der Waals surface area contributed by atoms with Crippen molar-refractivity contribution in [1.82, 2.24) is 4.31 Å². The Balaban J connectivity index is 2.54. The van der Waals surface area contributed by atoms with E-state index in [0.29, 0.717) is 13.1 Å². The van der Waals surface area contributed by atoms with Crippen LogP contribution in [-0.4, -0.2) is 49.0 Å². The lowest BCUT2D eigenvalue weighted by molar-refractivity contribution is 0.445. The van der Waals surface area contributed by atoms with Crippen molar-refractivity contribution in [2.24, 2.45) is 0 Å². The lowest BCUT2D eigenvalue weighted by atomic mass is 10.6. The lowest BCUT2D eigenvalue weighted by Crippen LogP contribution is -2.39. The Kier molecular flexibility index (Phi) is 4.16. The number of hydrogen-bond acceptors (Lipinski definition) is 3. The van der Waals surface area contributed by atoms with E-state index in [-0.39, 0.29) is 11.6 Å². The van der Waals surface area contributed by atoms with Crippen LogP contribution in [0.25, 0.3) is 0 Å². The van der Waals surface area contributed by atoms with Gasteiger partial charge < -0.3 is 0 Å². The number of thioether (sulfide) groups is 1. The maximum atomic E-state index is 11.4. The summed E-state index contributed by atoms with van der Waals surface area (Å²) in [6.45, 7) is 1.29. The molecule has 0 atom stereocenters. The first kappa shape index (κ1) is 10.6. The van der Waals surface area contributed by atoms with E-state index < -0.39 is 10.0 Å². The van der Waals surface area contributed by atoms with E-state index in [9.17, 15) is 8.42 Å². The van der Waals surface area contributed by atoms with Gasteiger partial charge >= 0.3 is 0 Å². The molecule has 0 N–H and O–H groups in total. The second-order valence-electron chi connectivity index (χ2n) is 2.52. The summed E-state index contributed by atoms with van der Waals surface area (Å²) >= 11 is 7.19. The monoisotopic (exact) mass is 229 g/mol. The van der Waals surface area contributed by atoms with Crippen LogP contribution in [0.4, 0.5) is 0 Å². The van der Waals surface area contributed by atoms with Crippen LogP contribution in [0.3, 0.4) is 0 Å². The van der Waals surface area contributed by atoms with Crippen LogP contribution >= 0.6 is 23.4 Å². The maximum absolute atomic E-state index is 11.4. The second kappa shape index (κ2) is 4.69. The lowest BCUT2D eigenvalue weighted by Gasteiger charge is -2.25. The molecule has 1 aliphatic heterocycles. The Morgan fingerprint density at radius 1 is 1.33 bits per heavy atom. The van der Waals surface area contributed by atoms with Gasteiger partial charge in [0.05, 0.1) is 5.75 Å². The molecule has 3 nitrogen and oxygen atoms in total. The van der Waals surface area contributed by atoms with Gasteiger partial charge in [-0.05, 0) is 0 Å². The van der Waals surface area contributed by atoms with Crippen molar-refractivity contribution in [2.45, 2.75) is 0 Å². The van der Waals surface area contributed by atoms with Crippen molar-refractivity contribution < 1.29 is 8.42 Å². The highest BCUT2D eigenvalue weighted by atomic mass is 35.5. The molecule has 0 aromatic heterocycles. The molecule has 1 fully saturated rings. The summed E-state index contributed by atoms with van der Waals surface area (Å²) in [4.78, 5) is 0. The standard InChI is InChI=1S/C6H12ClNO2S2/c7-1-6-12(9,10)8-2-4-11-5-3-8/h1-6H2. The first-order valence-corrected chi connectivity index (χ1v) is 7.08. The molecule has 1 saturated heterocycles. The molecule has 12 heavy (non-hydrogen) atoms. The summed E-state index contributed by atoms with van der Waals surface area (Å²) in [5.74, 6) is 2.06. The highest BCUT2D eigenvalue weighted by Crippen LogP contribution is 2.13. The average Bonchev–Trinajstić information content (AvgIpc) is 2.06. The van der Waals surface area contributed by atoms with Crippen LogP contribution in [0.5, 0.6) is 0 Å². The van der Waals surface area contributed by atoms with Crippen molar-refractivity contribution >= 4 is 33.4 Å². The van der Waals surface area contributed by atoms with Gasteiger partial charge in [0.15, 0.2) is 0 Å². The number of nitrogens with zero attached hydrogens (tertiary/aromatic N) is 1. The number of rotatable bonds is 3. The average molecular weight is 230 g/mol. The molecule has 72 valence electrons. The molecule has 0 unspecified atom stereocenters. The Bertz CT molecular complexity index is 224. The number of hydrogen-bond donors (Lipinski definition) is 0. The number of halogens is 1. The van der Waals surface area contributed by atoms with E-state index in [4.69, 9.17) is 11.6 Å². The predicted octanol–water partition coefficient (Wildman–Crippen LogP) is 0.604. The smallest absolute Gasteiger partial charge is 0.212 e. The second-order valence-corrected chi connectivity index (χ2v) is 6.21. The van der Waals surface area contributed by atoms with Crippen LogP contribution in [0.1, 0.15) is 0 Å². The minimum atomic E-state index is -3.05. The molecular weight excluding hydrogens is 218 g/mol. The van der Waals surface area contributed by atoms with E-state index in [1.165, 1.54) is 4.31 Å². The Hall–Kier alpha value is 0.550. The maximum Gasteiger partial charge on any atom is 0.215 e. The molecule has 0 aromatic rings. The fraction of sp³-hybridized carbons (Fsp3) is 1.00. The summed E-state index contributed by atoms with van der Waals surface area (Å²) in [6, 6.07) is 0. The molecule has 0 aliphatic carbocycles. The molecule has 0 radical (unpaired) electrons. The van der Waals surface area contributed by atoms with Crippen molar-refractivity contribution in [1.29, 1.82) is 0 Å². The van der Waals surface area contributed by atoms with Gasteiger partial charge in [0.2, 0.25) is 10.0 Å². The SMILES string of the molecule is O=S(=O)(CCCl)N1CCSCC1. The van der Waals surface area contributed by atoms with E-state index in [0.717, 1.165) is 11.5 Å². The van der Waals surface area contributed by atoms with Crippen molar-refractivity contribution in [3.63, 3.8) is 0 Å². The van der Waals surface area contributed by atoms with Crippen LogP contribution in [0.15, 0.2) is 0 Å².